The number of hydrogen-bond donors (Lipinski definition) is 2. The van der Waals surface area contributed by atoms with E-state index in [1.54, 1.807) is 36.4 Å². The molecule has 150 valence electrons. The van der Waals surface area contributed by atoms with Gasteiger partial charge >= 0.3 is 0 Å². The number of nitrogens with two attached hydrogens (primary N) is 1. The molecule has 3 N–H and O–H groups in total. The van der Waals surface area contributed by atoms with Gasteiger partial charge < -0.3 is 10.1 Å². The summed E-state index contributed by atoms with van der Waals surface area (Å²) >= 11 is 5.96. The number of carbonyl (C=O) groups excluding carboxylic acids is 1. The Kier molecular flexibility index (Phi) is 5.93. The maximum absolute atomic E-state index is 12.2. The van der Waals surface area contributed by atoms with Crippen molar-refractivity contribution in [1.82, 2.24) is 0 Å². The number of rotatable bonds is 5. The standard InChI is InChI=1S/C21H19ClN2O4S/c1-13-6-8-19(24-14(2)25)18(10-13)15-7-9-20(21(11-15)29(23,26)27)28-17-5-3-4-16(22)12-17/h3-12H,1-2H3,(H,24,25)(H2,23,26,27). The quantitative estimate of drug-likeness (QED) is 0.612. The van der Waals surface area contributed by atoms with Gasteiger partial charge in [-0.05, 0) is 55.0 Å². The number of halogens is 1. The van der Waals surface area contributed by atoms with Crippen molar-refractivity contribution in [2.24, 2.45) is 5.14 Å². The molecule has 0 saturated heterocycles. The highest BCUT2D eigenvalue weighted by Crippen LogP contribution is 2.36. The highest BCUT2D eigenvalue weighted by molar-refractivity contribution is 7.89. The molecule has 6 nitrogen and oxygen atoms in total. The fraction of sp³-hybridized carbons (Fsp3) is 0.0952. The Bertz CT molecular complexity index is 1190. The Morgan fingerprint density at radius 3 is 2.48 bits per heavy atom. The summed E-state index contributed by atoms with van der Waals surface area (Å²) in [5.74, 6) is 0.222. The molecule has 0 fully saturated rings. The number of aryl methyl sites for hydroxylation is 1. The van der Waals surface area contributed by atoms with Crippen LogP contribution in [0.15, 0.2) is 65.6 Å². The Labute approximate surface area is 174 Å². The molecule has 0 heterocycles. The van der Waals surface area contributed by atoms with Gasteiger partial charge in [-0.25, -0.2) is 13.6 Å². The third-order valence-electron chi connectivity index (χ3n) is 4.07. The minimum Gasteiger partial charge on any atom is -0.456 e. The number of hydrogen-bond acceptors (Lipinski definition) is 4. The second-order valence-electron chi connectivity index (χ2n) is 6.50. The summed E-state index contributed by atoms with van der Waals surface area (Å²) in [7, 11) is -4.09. The Morgan fingerprint density at radius 1 is 1.07 bits per heavy atom. The molecule has 0 atom stereocenters. The van der Waals surface area contributed by atoms with Gasteiger partial charge in [0.05, 0.1) is 0 Å². The lowest BCUT2D eigenvalue weighted by Crippen LogP contribution is -2.13. The van der Waals surface area contributed by atoms with Crippen LogP contribution in [0.2, 0.25) is 5.02 Å². The van der Waals surface area contributed by atoms with E-state index in [1.165, 1.54) is 19.1 Å². The van der Waals surface area contributed by atoms with Gasteiger partial charge in [0.1, 0.15) is 16.4 Å². The normalized spacial score (nSPS) is 11.2. The highest BCUT2D eigenvalue weighted by Gasteiger charge is 2.19. The molecule has 3 aromatic rings. The van der Waals surface area contributed by atoms with Crippen LogP contribution in [0.4, 0.5) is 5.69 Å². The lowest BCUT2D eigenvalue weighted by Gasteiger charge is -2.15. The average Bonchev–Trinajstić information content (AvgIpc) is 2.62. The number of sulfonamides is 1. The molecular formula is C21H19ClN2O4S. The van der Waals surface area contributed by atoms with Crippen LogP contribution in [0.3, 0.4) is 0 Å². The molecule has 3 rings (SSSR count). The lowest BCUT2D eigenvalue weighted by molar-refractivity contribution is -0.114. The van der Waals surface area contributed by atoms with Crippen molar-refractivity contribution < 1.29 is 17.9 Å². The second kappa shape index (κ2) is 8.24. The molecule has 0 aromatic heterocycles. The first-order chi connectivity index (χ1) is 13.6. The molecule has 0 bridgehead atoms. The smallest absolute Gasteiger partial charge is 0.241 e. The van der Waals surface area contributed by atoms with Crippen LogP contribution in [-0.4, -0.2) is 14.3 Å². The number of amides is 1. The zero-order chi connectivity index (χ0) is 21.2. The zero-order valence-corrected chi connectivity index (χ0v) is 17.3. The highest BCUT2D eigenvalue weighted by atomic mass is 35.5. The summed E-state index contributed by atoms with van der Waals surface area (Å²) in [6, 6.07) is 16.7. The SMILES string of the molecule is CC(=O)Nc1ccc(C)cc1-c1ccc(Oc2cccc(Cl)c2)c(S(N)(=O)=O)c1. The van der Waals surface area contributed by atoms with Crippen LogP contribution in [-0.2, 0) is 14.8 Å². The molecule has 0 unspecified atom stereocenters. The van der Waals surface area contributed by atoms with E-state index >= 15 is 0 Å². The van der Waals surface area contributed by atoms with Crippen LogP contribution < -0.4 is 15.2 Å². The van der Waals surface area contributed by atoms with Gasteiger partial charge in [0.15, 0.2) is 0 Å². The van der Waals surface area contributed by atoms with Crippen LogP contribution in [0.5, 0.6) is 11.5 Å². The number of ether oxygens (including phenoxy) is 1. The number of anilines is 1. The Morgan fingerprint density at radius 2 is 1.83 bits per heavy atom. The monoisotopic (exact) mass is 430 g/mol. The van der Waals surface area contributed by atoms with Crippen molar-refractivity contribution in [3.63, 3.8) is 0 Å². The van der Waals surface area contributed by atoms with Crippen molar-refractivity contribution in [2.75, 3.05) is 5.32 Å². The van der Waals surface area contributed by atoms with E-state index in [1.807, 2.05) is 19.1 Å². The molecule has 0 spiro atoms. The molecule has 0 aliphatic carbocycles. The maximum atomic E-state index is 12.2. The van der Waals surface area contributed by atoms with Gasteiger partial charge in [0.25, 0.3) is 0 Å². The molecule has 3 aromatic carbocycles. The van der Waals surface area contributed by atoms with E-state index in [9.17, 15) is 13.2 Å². The first-order valence-electron chi connectivity index (χ1n) is 8.62. The van der Waals surface area contributed by atoms with Crippen molar-refractivity contribution in [1.29, 1.82) is 0 Å². The Balaban J connectivity index is 2.12. The number of nitrogens with one attached hydrogen (secondary N) is 1. The molecule has 29 heavy (non-hydrogen) atoms. The lowest BCUT2D eigenvalue weighted by atomic mass is 10.0. The van der Waals surface area contributed by atoms with Crippen LogP contribution in [0, 0.1) is 6.92 Å². The van der Waals surface area contributed by atoms with Crippen molar-refractivity contribution in [3.8, 4) is 22.6 Å². The molecule has 0 aliphatic rings. The average molecular weight is 431 g/mol. The fourth-order valence-corrected chi connectivity index (χ4v) is 3.70. The van der Waals surface area contributed by atoms with Gasteiger partial charge in [0, 0.05) is 23.2 Å². The zero-order valence-electron chi connectivity index (χ0n) is 15.8. The number of primary sulfonamides is 1. The van der Waals surface area contributed by atoms with Crippen molar-refractivity contribution in [2.45, 2.75) is 18.7 Å². The van der Waals surface area contributed by atoms with Gasteiger partial charge in [-0.3, -0.25) is 4.79 Å². The summed E-state index contributed by atoms with van der Waals surface area (Å²) in [6.45, 7) is 3.31. The summed E-state index contributed by atoms with van der Waals surface area (Å²) in [5, 5.41) is 8.64. The van der Waals surface area contributed by atoms with E-state index in [0.717, 1.165) is 5.56 Å². The number of carbonyl (C=O) groups is 1. The van der Waals surface area contributed by atoms with Crippen molar-refractivity contribution >= 4 is 33.2 Å². The molecule has 0 aliphatic heterocycles. The van der Waals surface area contributed by atoms with Crippen LogP contribution >= 0.6 is 11.6 Å². The first-order valence-corrected chi connectivity index (χ1v) is 10.5. The summed E-state index contributed by atoms with van der Waals surface area (Å²) in [5.41, 5.74) is 2.75. The van der Waals surface area contributed by atoms with Gasteiger partial charge in [0.2, 0.25) is 15.9 Å². The first kappa shape index (κ1) is 20.9. The minimum absolute atomic E-state index is 0.0762. The van der Waals surface area contributed by atoms with E-state index in [0.29, 0.717) is 27.6 Å². The molecule has 1 amide bonds. The predicted octanol–water partition coefficient (Wildman–Crippen LogP) is 4.71. The largest absolute Gasteiger partial charge is 0.456 e. The molecule has 0 saturated carbocycles. The van der Waals surface area contributed by atoms with Gasteiger partial charge in [-0.2, -0.15) is 0 Å². The predicted molar refractivity (Wildman–Crippen MR) is 114 cm³/mol. The third kappa shape index (κ3) is 5.14. The molecule has 8 heteroatoms. The van der Waals surface area contributed by atoms with E-state index in [4.69, 9.17) is 21.5 Å². The Hall–Kier alpha value is -2.87. The molecule has 0 radical (unpaired) electrons. The van der Waals surface area contributed by atoms with Crippen molar-refractivity contribution in [3.05, 3.63) is 71.2 Å². The van der Waals surface area contributed by atoms with Crippen LogP contribution in [0.25, 0.3) is 11.1 Å². The van der Waals surface area contributed by atoms with E-state index in [-0.39, 0.29) is 16.6 Å². The summed E-state index contributed by atoms with van der Waals surface area (Å²) in [4.78, 5) is 11.4. The number of benzene rings is 3. The second-order valence-corrected chi connectivity index (χ2v) is 8.46. The maximum Gasteiger partial charge on any atom is 0.241 e. The topological polar surface area (TPSA) is 98.5 Å². The van der Waals surface area contributed by atoms with Crippen LogP contribution in [0.1, 0.15) is 12.5 Å². The van der Waals surface area contributed by atoms with E-state index in [2.05, 4.69) is 5.32 Å². The van der Waals surface area contributed by atoms with E-state index < -0.39 is 10.0 Å². The summed E-state index contributed by atoms with van der Waals surface area (Å²) in [6.07, 6.45) is 0. The van der Waals surface area contributed by atoms with Gasteiger partial charge in [-0.15, -0.1) is 0 Å². The minimum atomic E-state index is -4.09. The molecular weight excluding hydrogens is 412 g/mol. The fourth-order valence-electron chi connectivity index (χ4n) is 2.84. The third-order valence-corrected chi connectivity index (χ3v) is 5.24. The summed E-state index contributed by atoms with van der Waals surface area (Å²) < 4.78 is 30.2. The van der Waals surface area contributed by atoms with Gasteiger partial charge in [-0.1, -0.05) is 35.4 Å².